The van der Waals surface area contributed by atoms with Crippen molar-refractivity contribution in [2.24, 2.45) is 0 Å². The number of hydrogen-bond acceptors (Lipinski definition) is 2. The molecule has 0 aromatic heterocycles. The average molecular weight is 544 g/mol. The van der Waals surface area contributed by atoms with Crippen LogP contribution in [0.25, 0.3) is 0 Å². The van der Waals surface area contributed by atoms with Crippen LogP contribution in [0.4, 0.5) is 0 Å². The zero-order valence-corrected chi connectivity index (χ0v) is 21.0. The number of carbonyl (C=O) groups excluding carboxylic acids is 1. The number of rotatable bonds is 10. The molecule has 0 aliphatic carbocycles. The van der Waals surface area contributed by atoms with Crippen LogP contribution in [0, 0.1) is 0 Å². The number of carbonyl (C=O) groups is 1. The van der Waals surface area contributed by atoms with E-state index >= 15 is 0 Å². The number of ether oxygens (including phenoxy) is 1. The summed E-state index contributed by atoms with van der Waals surface area (Å²) in [6.45, 7) is 0. The topological polar surface area (TPSA) is 26.3 Å². The summed E-state index contributed by atoms with van der Waals surface area (Å²) in [5, 5.41) is 4.22. The molecule has 0 heterocycles. The fourth-order valence-electron chi connectivity index (χ4n) is 4.07. The van der Waals surface area contributed by atoms with Crippen LogP contribution in [0.5, 0.6) is 0 Å². The third kappa shape index (κ3) is 5.27. The van der Waals surface area contributed by atoms with Gasteiger partial charge in [-0.15, -0.1) is 0 Å². The third-order valence-corrected chi connectivity index (χ3v) is 17.4. The van der Waals surface area contributed by atoms with Crippen molar-refractivity contribution in [3.8, 4) is 0 Å². The summed E-state index contributed by atoms with van der Waals surface area (Å²) in [5.74, 6) is -0.136. The van der Waals surface area contributed by atoms with Crippen LogP contribution >= 0.6 is 26.3 Å². The molecule has 0 radical (unpaired) electrons. The Morgan fingerprint density at radius 1 is 0.774 bits per heavy atom. The summed E-state index contributed by atoms with van der Waals surface area (Å²) in [6.07, 6.45) is 8.73. The van der Waals surface area contributed by atoms with Gasteiger partial charge in [0.05, 0.1) is 0 Å². The molecule has 2 nitrogen and oxygen atoms in total. The zero-order valence-electron chi connectivity index (χ0n) is 18.0. The molecule has 0 bridgehead atoms. The van der Waals surface area contributed by atoms with Crippen LogP contribution in [0.1, 0.15) is 25.7 Å². The number of benzene rings is 3. The van der Waals surface area contributed by atoms with Gasteiger partial charge in [0, 0.05) is 0 Å². The van der Waals surface area contributed by atoms with Crippen LogP contribution in [0.3, 0.4) is 0 Å². The molecule has 3 aromatic carbocycles. The normalized spacial score (nSPS) is 12.9. The molecule has 0 N–H and O–H groups in total. The van der Waals surface area contributed by atoms with E-state index in [0.29, 0.717) is 6.42 Å². The molecular formula is C27H30IO2P. The summed E-state index contributed by atoms with van der Waals surface area (Å²) in [6, 6.07) is 33.0. The predicted octanol–water partition coefficient (Wildman–Crippen LogP) is 6.16. The van der Waals surface area contributed by atoms with E-state index in [1.165, 1.54) is 23.0 Å². The van der Waals surface area contributed by atoms with Crippen LogP contribution < -0.4 is 15.9 Å². The number of esters is 1. The van der Waals surface area contributed by atoms with Gasteiger partial charge in [-0.1, -0.05) is 0 Å². The van der Waals surface area contributed by atoms with Crippen molar-refractivity contribution in [2.45, 2.75) is 25.7 Å². The fraction of sp³-hybridized carbons (Fsp3) is 0.222. The van der Waals surface area contributed by atoms with E-state index in [1.54, 1.807) is 0 Å². The Balaban J connectivity index is 1.96. The van der Waals surface area contributed by atoms with Crippen LogP contribution in [-0.4, -0.2) is 19.2 Å². The molecule has 0 spiro atoms. The van der Waals surface area contributed by atoms with Gasteiger partial charge in [-0.2, -0.15) is 0 Å². The quantitative estimate of drug-likeness (QED) is 0.101. The van der Waals surface area contributed by atoms with Gasteiger partial charge < -0.3 is 0 Å². The Morgan fingerprint density at radius 3 is 1.61 bits per heavy atom. The van der Waals surface area contributed by atoms with Gasteiger partial charge in [-0.3, -0.25) is 0 Å². The first kappa shape index (κ1) is 23.7. The van der Waals surface area contributed by atoms with E-state index < -0.39 is 4.25 Å². The molecule has 0 fully saturated rings. The van der Waals surface area contributed by atoms with Crippen molar-refractivity contribution in [1.82, 2.24) is 0 Å². The van der Waals surface area contributed by atoms with E-state index in [1.807, 2.05) is 0 Å². The van der Waals surface area contributed by atoms with E-state index in [-0.39, 0.29) is 5.97 Å². The minimum absolute atomic E-state index is 0.136. The van der Waals surface area contributed by atoms with E-state index in [4.69, 9.17) is 4.74 Å². The Hall–Kier alpha value is -1.97. The van der Waals surface area contributed by atoms with Crippen LogP contribution in [0.2, 0.25) is 0 Å². The second kappa shape index (κ2) is 11.1. The first-order valence-corrected chi connectivity index (χ1v) is 15.9. The molecule has 162 valence electrons. The second-order valence-electron chi connectivity index (χ2n) is 7.64. The van der Waals surface area contributed by atoms with Crippen LogP contribution in [0.15, 0.2) is 103 Å². The molecule has 0 atom stereocenters. The van der Waals surface area contributed by atoms with Gasteiger partial charge in [0.1, 0.15) is 0 Å². The molecule has 0 amide bonds. The first-order chi connectivity index (χ1) is 15.1. The number of methoxy groups -OCH3 is 1. The monoisotopic (exact) mass is 544 g/mol. The number of halogens is 1. The second-order valence-corrected chi connectivity index (χ2v) is 18.4. The molecular weight excluding hydrogens is 514 g/mol. The maximum absolute atomic E-state index is 11.3. The molecule has 31 heavy (non-hydrogen) atoms. The summed E-state index contributed by atoms with van der Waals surface area (Å²) < 4.78 is 2.04. The Morgan fingerprint density at radius 2 is 1.19 bits per heavy atom. The zero-order chi connectivity index (χ0) is 22.0. The van der Waals surface area contributed by atoms with Crippen molar-refractivity contribution >= 4 is 48.2 Å². The Bertz CT molecular complexity index is 888. The Labute approximate surface area is 199 Å². The predicted molar refractivity (Wildman–Crippen MR) is 144 cm³/mol. The van der Waals surface area contributed by atoms with Crippen molar-refractivity contribution < 1.29 is 9.53 Å². The molecule has 3 aromatic rings. The van der Waals surface area contributed by atoms with Gasteiger partial charge in [0.15, 0.2) is 0 Å². The van der Waals surface area contributed by atoms with Gasteiger partial charge in [0.25, 0.3) is 0 Å². The average Bonchev–Trinajstić information content (AvgIpc) is 2.85. The minimum atomic E-state index is -2.68. The first-order valence-electron chi connectivity index (χ1n) is 10.7. The molecule has 0 unspecified atom stereocenters. The van der Waals surface area contributed by atoms with Gasteiger partial charge in [-0.25, -0.2) is 0 Å². The molecule has 0 aliphatic rings. The summed E-state index contributed by atoms with van der Waals surface area (Å²) in [7, 11) is 1.44. The standard InChI is InChI=1S/C27H30IO2P/c1-30-27(29)22-14-3-2-4-15-23-31(28,24-16-8-5-9-17-24,25-18-10-6-11-19-25)26-20-12-7-13-21-26/h2,4-13,16-21H,3,14-15,22-23H2,1H3/b4-2-. The van der Waals surface area contributed by atoms with Gasteiger partial charge in [-0.05, 0) is 0 Å². The Kier molecular flexibility index (Phi) is 8.45. The molecule has 4 heteroatoms. The molecule has 3 rings (SSSR count). The summed E-state index contributed by atoms with van der Waals surface area (Å²) >= 11 is 2.82. The van der Waals surface area contributed by atoms with E-state index in [9.17, 15) is 4.79 Å². The van der Waals surface area contributed by atoms with Gasteiger partial charge >= 0.3 is 200 Å². The van der Waals surface area contributed by atoms with E-state index in [0.717, 1.165) is 25.4 Å². The maximum atomic E-state index is 11.3. The van der Waals surface area contributed by atoms with Crippen LogP contribution in [-0.2, 0) is 9.53 Å². The fourth-order valence-corrected chi connectivity index (χ4v) is 12.5. The summed E-state index contributed by atoms with van der Waals surface area (Å²) in [5.41, 5.74) is 0. The molecule has 0 saturated carbocycles. The summed E-state index contributed by atoms with van der Waals surface area (Å²) in [4.78, 5) is 11.3. The van der Waals surface area contributed by atoms with Crippen molar-refractivity contribution in [3.63, 3.8) is 0 Å². The van der Waals surface area contributed by atoms with Crippen molar-refractivity contribution in [2.75, 3.05) is 13.3 Å². The molecule has 0 saturated heterocycles. The number of hydrogen-bond donors (Lipinski definition) is 0. The third-order valence-electron chi connectivity index (χ3n) is 5.75. The van der Waals surface area contributed by atoms with Crippen molar-refractivity contribution in [1.29, 1.82) is 0 Å². The SMILES string of the molecule is COC(=O)CCC/C=C\CCP(I)(c1ccccc1)(c1ccccc1)c1ccccc1. The van der Waals surface area contributed by atoms with E-state index in [2.05, 4.69) is 125 Å². The van der Waals surface area contributed by atoms with Crippen molar-refractivity contribution in [3.05, 3.63) is 103 Å². The van der Waals surface area contributed by atoms with Gasteiger partial charge in [0.2, 0.25) is 0 Å². The molecule has 0 aliphatic heterocycles. The number of allylic oxidation sites excluding steroid dienone is 2. The number of unbranched alkanes of at least 4 members (excludes halogenated alkanes) is 1.